The number of rotatable bonds is 4. The molecule has 0 aliphatic carbocycles. The van der Waals surface area contributed by atoms with Crippen LogP contribution in [-0.4, -0.2) is 48.6 Å². The fourth-order valence-corrected chi connectivity index (χ4v) is 3.67. The van der Waals surface area contributed by atoms with Gasteiger partial charge in [0.25, 0.3) is 0 Å². The molecular formula is C19H26N4O. The van der Waals surface area contributed by atoms with E-state index in [1.165, 1.54) is 32.4 Å². The van der Waals surface area contributed by atoms with Gasteiger partial charge in [0, 0.05) is 25.3 Å². The Kier molecular flexibility index (Phi) is 5.71. The minimum atomic E-state index is -0.0100. The lowest BCUT2D eigenvalue weighted by Gasteiger charge is -2.29. The van der Waals surface area contributed by atoms with Gasteiger partial charge in [-0.05, 0) is 56.0 Å². The molecular weight excluding hydrogens is 300 g/mol. The minimum absolute atomic E-state index is 0.0100. The predicted octanol–water partition coefficient (Wildman–Crippen LogP) is 3.09. The number of piperidine rings is 1. The molecule has 0 spiro atoms. The van der Waals surface area contributed by atoms with Crippen LogP contribution in [-0.2, 0) is 6.42 Å². The van der Waals surface area contributed by atoms with Crippen LogP contribution in [0.1, 0.15) is 31.2 Å². The van der Waals surface area contributed by atoms with Crippen LogP contribution >= 0.6 is 0 Å². The van der Waals surface area contributed by atoms with Crippen LogP contribution in [0.5, 0.6) is 0 Å². The van der Waals surface area contributed by atoms with Gasteiger partial charge in [0.15, 0.2) is 0 Å². The van der Waals surface area contributed by atoms with Gasteiger partial charge < -0.3 is 15.1 Å². The largest absolute Gasteiger partial charge is 0.324 e. The van der Waals surface area contributed by atoms with Crippen molar-refractivity contribution >= 4 is 11.7 Å². The van der Waals surface area contributed by atoms with E-state index in [4.69, 9.17) is 5.26 Å². The number of benzene rings is 1. The van der Waals surface area contributed by atoms with Gasteiger partial charge in [-0.1, -0.05) is 18.6 Å². The first-order valence-electron chi connectivity index (χ1n) is 8.99. The Morgan fingerprint density at radius 3 is 2.62 bits per heavy atom. The summed E-state index contributed by atoms with van der Waals surface area (Å²) in [7, 11) is 0. The molecule has 5 heteroatoms. The highest BCUT2D eigenvalue weighted by Crippen LogP contribution is 2.21. The summed E-state index contributed by atoms with van der Waals surface area (Å²) in [4.78, 5) is 16.9. The second-order valence-electron chi connectivity index (χ2n) is 6.92. The number of anilines is 1. The molecule has 128 valence electrons. The van der Waals surface area contributed by atoms with Gasteiger partial charge in [-0.25, -0.2) is 4.79 Å². The fraction of sp³-hybridized carbons (Fsp3) is 0.579. The summed E-state index contributed by atoms with van der Waals surface area (Å²) in [6, 6.07) is 9.63. The highest BCUT2D eigenvalue weighted by molar-refractivity contribution is 5.89. The Hall–Kier alpha value is -2.06. The summed E-state index contributed by atoms with van der Waals surface area (Å²) in [5, 5.41) is 11.7. The van der Waals surface area contributed by atoms with E-state index in [1.807, 2.05) is 29.2 Å². The molecule has 2 heterocycles. The van der Waals surface area contributed by atoms with Crippen molar-refractivity contribution in [3.8, 4) is 6.07 Å². The van der Waals surface area contributed by atoms with Gasteiger partial charge in [-0.3, -0.25) is 0 Å². The highest BCUT2D eigenvalue weighted by atomic mass is 16.2. The van der Waals surface area contributed by atoms with Crippen LogP contribution in [0.4, 0.5) is 10.5 Å². The van der Waals surface area contributed by atoms with Crippen molar-refractivity contribution in [2.75, 3.05) is 38.0 Å². The third-order valence-corrected chi connectivity index (χ3v) is 5.03. The summed E-state index contributed by atoms with van der Waals surface area (Å²) in [6.07, 6.45) is 5.50. The summed E-state index contributed by atoms with van der Waals surface area (Å²) < 4.78 is 0. The summed E-state index contributed by atoms with van der Waals surface area (Å²) in [6.45, 7) is 5.27. The first-order valence-corrected chi connectivity index (χ1v) is 8.99. The summed E-state index contributed by atoms with van der Waals surface area (Å²) in [5.74, 6) is 0.604. The van der Waals surface area contributed by atoms with Crippen LogP contribution in [0.2, 0.25) is 0 Å². The van der Waals surface area contributed by atoms with Crippen molar-refractivity contribution in [3.05, 3.63) is 29.8 Å². The molecule has 1 atom stereocenters. The molecule has 2 fully saturated rings. The van der Waals surface area contributed by atoms with Gasteiger partial charge >= 0.3 is 6.03 Å². The van der Waals surface area contributed by atoms with E-state index in [1.54, 1.807) is 0 Å². The first kappa shape index (κ1) is 16.8. The van der Waals surface area contributed by atoms with Crippen LogP contribution in [0, 0.1) is 17.2 Å². The maximum Gasteiger partial charge on any atom is 0.321 e. The van der Waals surface area contributed by atoms with Gasteiger partial charge in [-0.15, -0.1) is 0 Å². The quantitative estimate of drug-likeness (QED) is 0.925. The zero-order valence-corrected chi connectivity index (χ0v) is 14.2. The molecule has 2 aliphatic rings. The molecule has 1 unspecified atom stereocenters. The molecule has 1 aromatic rings. The number of carbonyl (C=O) groups excluding carboxylic acids is 1. The van der Waals surface area contributed by atoms with Crippen molar-refractivity contribution < 1.29 is 4.79 Å². The number of amides is 2. The number of urea groups is 1. The van der Waals surface area contributed by atoms with Crippen molar-refractivity contribution in [2.24, 2.45) is 5.92 Å². The molecule has 0 aromatic heterocycles. The standard InChI is InChI=1S/C19H26N4O/c20-10-8-16-4-6-18(7-5-16)21-19(24)23-13-9-17(15-23)14-22-11-2-1-3-12-22/h4-7,17H,1-3,8-9,11-15H2,(H,21,24). The van der Waals surface area contributed by atoms with Crippen LogP contribution in [0.15, 0.2) is 24.3 Å². The first-order chi connectivity index (χ1) is 11.7. The highest BCUT2D eigenvalue weighted by Gasteiger charge is 2.28. The lowest BCUT2D eigenvalue weighted by Crippen LogP contribution is -2.37. The Morgan fingerprint density at radius 1 is 1.17 bits per heavy atom. The number of carbonyl (C=O) groups is 1. The summed E-state index contributed by atoms with van der Waals surface area (Å²) >= 11 is 0. The molecule has 0 saturated carbocycles. The van der Waals surface area contributed by atoms with Gasteiger partial charge in [-0.2, -0.15) is 5.26 Å². The monoisotopic (exact) mass is 326 g/mol. The molecule has 3 rings (SSSR count). The topological polar surface area (TPSA) is 59.4 Å². The van der Waals surface area contributed by atoms with Gasteiger partial charge in [0.2, 0.25) is 0 Å². The zero-order chi connectivity index (χ0) is 16.8. The Labute approximate surface area is 144 Å². The fourth-order valence-electron chi connectivity index (χ4n) is 3.67. The van der Waals surface area contributed by atoms with Crippen molar-refractivity contribution in [2.45, 2.75) is 32.1 Å². The smallest absolute Gasteiger partial charge is 0.321 e. The van der Waals surface area contributed by atoms with E-state index < -0.39 is 0 Å². The van der Waals surface area contributed by atoms with Crippen molar-refractivity contribution in [1.29, 1.82) is 5.26 Å². The normalized spacial score (nSPS) is 21.5. The number of nitrogens with zero attached hydrogens (tertiary/aromatic N) is 3. The van der Waals surface area contributed by atoms with E-state index in [0.717, 1.165) is 37.3 Å². The Bertz CT molecular complexity index is 586. The van der Waals surface area contributed by atoms with Crippen molar-refractivity contribution in [3.63, 3.8) is 0 Å². The second kappa shape index (κ2) is 8.16. The predicted molar refractivity (Wildman–Crippen MR) is 94.7 cm³/mol. The maximum atomic E-state index is 12.4. The molecule has 2 saturated heterocycles. The molecule has 2 amide bonds. The van der Waals surface area contributed by atoms with E-state index in [9.17, 15) is 4.79 Å². The number of hydrogen-bond donors (Lipinski definition) is 1. The molecule has 2 aliphatic heterocycles. The average Bonchev–Trinajstić information content (AvgIpc) is 3.06. The zero-order valence-electron chi connectivity index (χ0n) is 14.2. The van der Waals surface area contributed by atoms with E-state index in [2.05, 4.69) is 16.3 Å². The van der Waals surface area contributed by atoms with Crippen LogP contribution in [0.3, 0.4) is 0 Å². The molecule has 1 aromatic carbocycles. The average molecular weight is 326 g/mol. The lowest BCUT2D eigenvalue weighted by atomic mass is 10.1. The number of hydrogen-bond acceptors (Lipinski definition) is 3. The Balaban J connectivity index is 1.46. The molecule has 24 heavy (non-hydrogen) atoms. The molecule has 0 radical (unpaired) electrons. The summed E-state index contributed by atoms with van der Waals surface area (Å²) in [5.41, 5.74) is 1.76. The van der Waals surface area contributed by atoms with E-state index in [0.29, 0.717) is 12.3 Å². The van der Waals surface area contributed by atoms with Crippen LogP contribution < -0.4 is 5.32 Å². The number of likely N-dealkylation sites (tertiary alicyclic amines) is 2. The van der Waals surface area contributed by atoms with Crippen LogP contribution in [0.25, 0.3) is 0 Å². The molecule has 0 bridgehead atoms. The molecule has 1 N–H and O–H groups in total. The number of nitriles is 1. The second-order valence-corrected chi connectivity index (χ2v) is 6.92. The Morgan fingerprint density at radius 2 is 1.92 bits per heavy atom. The minimum Gasteiger partial charge on any atom is -0.324 e. The molecule has 5 nitrogen and oxygen atoms in total. The maximum absolute atomic E-state index is 12.4. The van der Waals surface area contributed by atoms with E-state index >= 15 is 0 Å². The third kappa shape index (κ3) is 4.48. The van der Waals surface area contributed by atoms with E-state index in [-0.39, 0.29) is 6.03 Å². The SMILES string of the molecule is N#CCc1ccc(NC(=O)N2CCC(CN3CCCCC3)C2)cc1. The van der Waals surface area contributed by atoms with Gasteiger partial charge in [0.05, 0.1) is 12.5 Å². The number of nitrogens with one attached hydrogen (secondary N) is 1. The third-order valence-electron chi connectivity index (χ3n) is 5.03. The van der Waals surface area contributed by atoms with Gasteiger partial charge in [0.1, 0.15) is 0 Å². The van der Waals surface area contributed by atoms with Crippen molar-refractivity contribution in [1.82, 2.24) is 9.80 Å². The lowest BCUT2D eigenvalue weighted by molar-refractivity contribution is 0.192.